The van der Waals surface area contributed by atoms with E-state index in [1.165, 1.54) is 19.3 Å². The molecule has 3 aromatic rings. The van der Waals surface area contributed by atoms with Crippen LogP contribution in [0.15, 0.2) is 45.7 Å². The number of anilines is 1. The van der Waals surface area contributed by atoms with E-state index < -0.39 is 5.91 Å². The van der Waals surface area contributed by atoms with Crippen LogP contribution in [0.5, 0.6) is 0 Å². The molecule has 134 valence electrons. The van der Waals surface area contributed by atoms with Crippen molar-refractivity contribution >= 4 is 11.7 Å². The van der Waals surface area contributed by atoms with E-state index in [4.69, 9.17) is 8.94 Å². The first-order valence-corrected chi connectivity index (χ1v) is 8.65. The lowest BCUT2D eigenvalue weighted by atomic mass is 10.1. The van der Waals surface area contributed by atoms with Crippen molar-refractivity contribution in [2.75, 3.05) is 18.0 Å². The standard InChI is InChI=1S/C18H19N5O3/c24-17(20-12-14-5-4-10-25-14)18-21-16(22-26-18)13-6-7-19-15(11-13)23-8-2-1-3-9-23/h4-7,10-11H,1-3,8-9,12H2,(H,20,24). The number of rotatable bonds is 5. The van der Waals surface area contributed by atoms with Gasteiger partial charge in [0.1, 0.15) is 11.6 Å². The summed E-state index contributed by atoms with van der Waals surface area (Å²) in [6.45, 7) is 2.27. The molecule has 4 rings (SSSR count). The molecule has 1 fully saturated rings. The number of hydrogen-bond acceptors (Lipinski definition) is 7. The van der Waals surface area contributed by atoms with Gasteiger partial charge in [-0.15, -0.1) is 0 Å². The molecule has 1 amide bonds. The SMILES string of the molecule is O=C(NCc1ccco1)c1nc(-c2ccnc(N3CCCCC3)c2)no1. The number of piperidine rings is 1. The van der Waals surface area contributed by atoms with Crippen molar-refractivity contribution in [1.29, 1.82) is 0 Å². The highest BCUT2D eigenvalue weighted by Crippen LogP contribution is 2.23. The molecule has 1 saturated heterocycles. The van der Waals surface area contributed by atoms with Gasteiger partial charge in [-0.1, -0.05) is 5.16 Å². The summed E-state index contributed by atoms with van der Waals surface area (Å²) in [5.41, 5.74) is 0.773. The first-order valence-electron chi connectivity index (χ1n) is 8.65. The quantitative estimate of drug-likeness (QED) is 0.753. The zero-order valence-corrected chi connectivity index (χ0v) is 14.2. The van der Waals surface area contributed by atoms with E-state index in [-0.39, 0.29) is 12.4 Å². The maximum atomic E-state index is 12.1. The molecule has 26 heavy (non-hydrogen) atoms. The van der Waals surface area contributed by atoms with Gasteiger partial charge in [0, 0.05) is 24.8 Å². The molecule has 0 unspecified atom stereocenters. The molecule has 0 radical (unpaired) electrons. The number of nitrogens with one attached hydrogen (secondary N) is 1. The number of aromatic nitrogens is 3. The molecule has 8 nitrogen and oxygen atoms in total. The van der Waals surface area contributed by atoms with Crippen LogP contribution >= 0.6 is 0 Å². The maximum Gasteiger partial charge on any atom is 0.316 e. The predicted molar refractivity (Wildman–Crippen MR) is 93.5 cm³/mol. The lowest BCUT2D eigenvalue weighted by Gasteiger charge is -2.27. The first-order chi connectivity index (χ1) is 12.8. The van der Waals surface area contributed by atoms with Gasteiger partial charge < -0.3 is 19.2 Å². The second-order valence-corrected chi connectivity index (χ2v) is 6.14. The Morgan fingerprint density at radius 3 is 2.92 bits per heavy atom. The molecule has 0 bridgehead atoms. The minimum Gasteiger partial charge on any atom is -0.467 e. The van der Waals surface area contributed by atoms with Crippen LogP contribution in [-0.4, -0.2) is 34.1 Å². The van der Waals surface area contributed by atoms with Crippen molar-refractivity contribution in [2.45, 2.75) is 25.8 Å². The Balaban J connectivity index is 1.46. The van der Waals surface area contributed by atoms with Crippen molar-refractivity contribution in [2.24, 2.45) is 0 Å². The van der Waals surface area contributed by atoms with E-state index in [1.54, 1.807) is 24.6 Å². The van der Waals surface area contributed by atoms with Crippen LogP contribution < -0.4 is 10.2 Å². The van der Waals surface area contributed by atoms with Crippen LogP contribution in [-0.2, 0) is 6.54 Å². The summed E-state index contributed by atoms with van der Waals surface area (Å²) in [5.74, 6) is 1.40. The molecule has 3 aromatic heterocycles. The van der Waals surface area contributed by atoms with Crippen molar-refractivity contribution in [1.82, 2.24) is 20.4 Å². The molecule has 4 heterocycles. The third-order valence-corrected chi connectivity index (χ3v) is 4.31. The largest absolute Gasteiger partial charge is 0.467 e. The van der Waals surface area contributed by atoms with Crippen LogP contribution in [0.3, 0.4) is 0 Å². The Morgan fingerprint density at radius 1 is 1.23 bits per heavy atom. The summed E-state index contributed by atoms with van der Waals surface area (Å²) in [7, 11) is 0. The monoisotopic (exact) mass is 353 g/mol. The van der Waals surface area contributed by atoms with Crippen LogP contribution in [0, 0.1) is 0 Å². The van der Waals surface area contributed by atoms with Gasteiger partial charge in [-0.25, -0.2) is 4.98 Å². The van der Waals surface area contributed by atoms with Gasteiger partial charge in [0.2, 0.25) is 5.82 Å². The Kier molecular flexibility index (Phi) is 4.63. The van der Waals surface area contributed by atoms with Gasteiger partial charge in [-0.2, -0.15) is 4.98 Å². The summed E-state index contributed by atoms with van der Waals surface area (Å²) in [6.07, 6.45) is 6.89. The highest BCUT2D eigenvalue weighted by atomic mass is 16.5. The zero-order valence-electron chi connectivity index (χ0n) is 14.2. The van der Waals surface area contributed by atoms with E-state index >= 15 is 0 Å². The van der Waals surface area contributed by atoms with E-state index in [1.807, 2.05) is 12.1 Å². The van der Waals surface area contributed by atoms with Gasteiger partial charge in [-0.3, -0.25) is 4.79 Å². The smallest absolute Gasteiger partial charge is 0.316 e. The molecule has 1 N–H and O–H groups in total. The van der Waals surface area contributed by atoms with Crippen molar-refractivity contribution in [3.63, 3.8) is 0 Å². The summed E-state index contributed by atoms with van der Waals surface area (Å²) >= 11 is 0. The number of pyridine rings is 1. The van der Waals surface area contributed by atoms with Crippen LogP contribution in [0.4, 0.5) is 5.82 Å². The summed E-state index contributed by atoms with van der Waals surface area (Å²) in [6, 6.07) is 7.28. The van der Waals surface area contributed by atoms with E-state index in [0.29, 0.717) is 11.6 Å². The maximum absolute atomic E-state index is 12.1. The average Bonchev–Trinajstić information content (AvgIpc) is 3.39. The molecule has 0 aliphatic carbocycles. The topological polar surface area (TPSA) is 97.3 Å². The fourth-order valence-electron chi connectivity index (χ4n) is 2.94. The molecular weight excluding hydrogens is 334 g/mol. The predicted octanol–water partition coefficient (Wildman–Crippen LogP) is 2.64. The van der Waals surface area contributed by atoms with Gasteiger partial charge in [0.15, 0.2) is 0 Å². The Labute approximate surface area is 150 Å². The third kappa shape index (κ3) is 3.58. The molecule has 0 atom stereocenters. The molecule has 0 spiro atoms. The fraction of sp³-hybridized carbons (Fsp3) is 0.333. The second-order valence-electron chi connectivity index (χ2n) is 6.14. The van der Waals surface area contributed by atoms with Gasteiger partial charge in [-0.05, 0) is 43.5 Å². The van der Waals surface area contributed by atoms with Crippen LogP contribution in [0.1, 0.15) is 35.7 Å². The summed E-state index contributed by atoms with van der Waals surface area (Å²) in [5, 5.41) is 6.60. The van der Waals surface area contributed by atoms with Crippen LogP contribution in [0.25, 0.3) is 11.4 Å². The lowest BCUT2D eigenvalue weighted by Crippen LogP contribution is -2.30. The Morgan fingerprint density at radius 2 is 2.12 bits per heavy atom. The first kappa shape index (κ1) is 16.3. The number of carbonyl (C=O) groups excluding carboxylic acids is 1. The van der Waals surface area contributed by atoms with Crippen molar-refractivity contribution < 1.29 is 13.7 Å². The molecule has 8 heteroatoms. The molecule has 0 aromatic carbocycles. The minimum atomic E-state index is -0.439. The van der Waals surface area contributed by atoms with Crippen LogP contribution in [0.2, 0.25) is 0 Å². The van der Waals surface area contributed by atoms with Gasteiger partial charge in [0.05, 0.1) is 12.8 Å². The lowest BCUT2D eigenvalue weighted by molar-refractivity contribution is 0.0904. The summed E-state index contributed by atoms with van der Waals surface area (Å²) in [4.78, 5) is 23.0. The van der Waals surface area contributed by atoms with Gasteiger partial charge >= 0.3 is 11.8 Å². The third-order valence-electron chi connectivity index (χ3n) is 4.31. The normalized spacial score (nSPS) is 14.4. The average molecular weight is 353 g/mol. The highest BCUT2D eigenvalue weighted by Gasteiger charge is 2.18. The molecule has 1 aliphatic rings. The Bertz CT molecular complexity index is 869. The summed E-state index contributed by atoms with van der Waals surface area (Å²) < 4.78 is 10.3. The van der Waals surface area contributed by atoms with E-state index in [9.17, 15) is 4.79 Å². The number of nitrogens with zero attached hydrogens (tertiary/aromatic N) is 4. The molecule has 1 aliphatic heterocycles. The Hall–Kier alpha value is -3.16. The molecular formula is C18H19N5O3. The number of hydrogen-bond donors (Lipinski definition) is 1. The number of carbonyl (C=O) groups is 1. The number of amides is 1. The van der Waals surface area contributed by atoms with E-state index in [0.717, 1.165) is 24.5 Å². The molecule has 0 saturated carbocycles. The van der Waals surface area contributed by atoms with Crippen molar-refractivity contribution in [3.05, 3.63) is 48.4 Å². The highest BCUT2D eigenvalue weighted by molar-refractivity contribution is 5.89. The van der Waals surface area contributed by atoms with Crippen molar-refractivity contribution in [3.8, 4) is 11.4 Å². The zero-order chi connectivity index (χ0) is 17.8. The fourth-order valence-corrected chi connectivity index (χ4v) is 2.94. The van der Waals surface area contributed by atoms with Gasteiger partial charge in [0.25, 0.3) is 0 Å². The van der Waals surface area contributed by atoms with E-state index in [2.05, 4.69) is 25.3 Å². The minimum absolute atomic E-state index is 0.0807. The number of furan rings is 1. The second kappa shape index (κ2) is 7.38.